The summed E-state index contributed by atoms with van der Waals surface area (Å²) >= 11 is 0. The Morgan fingerprint density at radius 1 is 1.35 bits per heavy atom. The van der Waals surface area contributed by atoms with Crippen molar-refractivity contribution in [2.45, 2.75) is 19.8 Å². The maximum absolute atomic E-state index is 10.4. The van der Waals surface area contributed by atoms with Gasteiger partial charge in [0.1, 0.15) is 0 Å². The normalized spacial score (nSPS) is 10.4. The Balaban J connectivity index is 2.12. The maximum Gasteiger partial charge on any atom is 0.303 e. The minimum atomic E-state index is -0.906. The summed E-state index contributed by atoms with van der Waals surface area (Å²) in [4.78, 5) is 22.5. The van der Waals surface area contributed by atoms with Crippen LogP contribution in [-0.4, -0.2) is 31.2 Å². The number of nitrogens with zero attached hydrogens (tertiary/aromatic N) is 4. The van der Waals surface area contributed by atoms with Gasteiger partial charge in [-0.3, -0.25) is 4.79 Å². The molecule has 0 aromatic carbocycles. The average Bonchev–Trinajstić information content (AvgIpc) is 2.76. The first-order chi connectivity index (χ1) is 8.15. The number of carboxylic acids is 1. The molecule has 0 bridgehead atoms. The molecule has 0 aliphatic heterocycles. The number of aliphatic carboxylic acids is 1. The van der Waals surface area contributed by atoms with E-state index in [0.29, 0.717) is 5.82 Å². The highest BCUT2D eigenvalue weighted by atomic mass is 16.5. The monoisotopic (exact) mass is 234 g/mol. The first kappa shape index (κ1) is 11.2. The Kier molecular flexibility index (Phi) is 3.08. The molecule has 0 fully saturated rings. The summed E-state index contributed by atoms with van der Waals surface area (Å²) in [5, 5.41) is 12.2. The summed E-state index contributed by atoms with van der Waals surface area (Å²) in [7, 11) is 0. The van der Waals surface area contributed by atoms with Crippen molar-refractivity contribution >= 4 is 5.97 Å². The molecular formula is C10H10N4O3. The molecule has 88 valence electrons. The van der Waals surface area contributed by atoms with Crippen molar-refractivity contribution in [3.63, 3.8) is 0 Å². The summed E-state index contributed by atoms with van der Waals surface area (Å²) in [5.74, 6) is -0.00535. The van der Waals surface area contributed by atoms with Crippen molar-refractivity contribution in [3.05, 3.63) is 23.8 Å². The Bertz CT molecular complexity index is 521. The van der Waals surface area contributed by atoms with Crippen LogP contribution < -0.4 is 0 Å². The van der Waals surface area contributed by atoms with Gasteiger partial charge in [0, 0.05) is 18.8 Å². The van der Waals surface area contributed by atoms with Crippen LogP contribution in [0.2, 0.25) is 0 Å². The van der Waals surface area contributed by atoms with Crippen LogP contribution in [0.3, 0.4) is 0 Å². The number of aryl methyl sites for hydroxylation is 2. The van der Waals surface area contributed by atoms with Gasteiger partial charge < -0.3 is 9.63 Å². The standard InChI is InChI=1S/C10H10N4O3/c1-6-4-11-9(12-5-6)10-13-7(17-14-10)2-3-8(15)16/h4-5H,2-3H2,1H3,(H,15,16). The second-order valence-corrected chi connectivity index (χ2v) is 3.49. The molecule has 0 saturated carbocycles. The Labute approximate surface area is 96.5 Å². The van der Waals surface area contributed by atoms with E-state index in [1.165, 1.54) is 0 Å². The van der Waals surface area contributed by atoms with E-state index in [4.69, 9.17) is 9.63 Å². The van der Waals surface area contributed by atoms with Gasteiger partial charge in [-0.15, -0.1) is 0 Å². The van der Waals surface area contributed by atoms with E-state index in [1.807, 2.05) is 6.92 Å². The third kappa shape index (κ3) is 2.83. The molecule has 0 radical (unpaired) electrons. The van der Waals surface area contributed by atoms with Gasteiger partial charge in [-0.1, -0.05) is 5.16 Å². The quantitative estimate of drug-likeness (QED) is 0.836. The molecule has 0 saturated heterocycles. The number of rotatable bonds is 4. The number of carbonyl (C=O) groups is 1. The second-order valence-electron chi connectivity index (χ2n) is 3.49. The fourth-order valence-corrected chi connectivity index (χ4v) is 1.17. The molecule has 0 atom stereocenters. The van der Waals surface area contributed by atoms with E-state index in [9.17, 15) is 4.79 Å². The predicted octanol–water partition coefficient (Wildman–Crippen LogP) is 0.852. The van der Waals surface area contributed by atoms with E-state index in [-0.39, 0.29) is 24.6 Å². The molecule has 17 heavy (non-hydrogen) atoms. The summed E-state index contributed by atoms with van der Waals surface area (Å²) in [6, 6.07) is 0. The van der Waals surface area contributed by atoms with Gasteiger partial charge in [-0.2, -0.15) is 4.98 Å². The van der Waals surface area contributed by atoms with Crippen LogP contribution in [-0.2, 0) is 11.2 Å². The van der Waals surface area contributed by atoms with E-state index in [1.54, 1.807) is 12.4 Å². The van der Waals surface area contributed by atoms with Crippen LogP contribution in [0, 0.1) is 6.92 Å². The number of hydrogen-bond acceptors (Lipinski definition) is 6. The van der Waals surface area contributed by atoms with Crippen LogP contribution in [0.5, 0.6) is 0 Å². The lowest BCUT2D eigenvalue weighted by molar-refractivity contribution is -0.137. The Hall–Kier alpha value is -2.31. The van der Waals surface area contributed by atoms with Crippen molar-refractivity contribution in [2.75, 3.05) is 0 Å². The van der Waals surface area contributed by atoms with Crippen LogP contribution in [0.1, 0.15) is 17.9 Å². The minimum Gasteiger partial charge on any atom is -0.481 e. The molecule has 2 aromatic heterocycles. The lowest BCUT2D eigenvalue weighted by Gasteiger charge is -1.92. The van der Waals surface area contributed by atoms with Gasteiger partial charge in [-0.05, 0) is 12.5 Å². The smallest absolute Gasteiger partial charge is 0.303 e. The maximum atomic E-state index is 10.4. The lowest BCUT2D eigenvalue weighted by Crippen LogP contribution is -1.97. The third-order valence-electron chi connectivity index (χ3n) is 2.00. The summed E-state index contributed by atoms with van der Waals surface area (Å²) in [5.41, 5.74) is 0.934. The lowest BCUT2D eigenvalue weighted by atomic mass is 10.3. The second kappa shape index (κ2) is 4.69. The summed E-state index contributed by atoms with van der Waals surface area (Å²) in [6.07, 6.45) is 3.45. The predicted molar refractivity (Wildman–Crippen MR) is 56.0 cm³/mol. The molecule has 0 amide bonds. The highest BCUT2D eigenvalue weighted by Crippen LogP contribution is 2.10. The van der Waals surface area contributed by atoms with Crippen LogP contribution in [0.25, 0.3) is 11.6 Å². The zero-order chi connectivity index (χ0) is 12.3. The summed E-state index contributed by atoms with van der Waals surface area (Å²) < 4.78 is 4.90. The van der Waals surface area contributed by atoms with Gasteiger partial charge in [-0.25, -0.2) is 9.97 Å². The van der Waals surface area contributed by atoms with Gasteiger partial charge in [0.25, 0.3) is 0 Å². The molecule has 2 heterocycles. The summed E-state index contributed by atoms with van der Waals surface area (Å²) in [6.45, 7) is 1.87. The largest absolute Gasteiger partial charge is 0.481 e. The molecule has 7 nitrogen and oxygen atoms in total. The Morgan fingerprint density at radius 2 is 2.06 bits per heavy atom. The number of hydrogen-bond donors (Lipinski definition) is 1. The zero-order valence-electron chi connectivity index (χ0n) is 9.12. The third-order valence-corrected chi connectivity index (χ3v) is 2.00. The molecule has 0 spiro atoms. The average molecular weight is 234 g/mol. The minimum absolute atomic E-state index is 0.0452. The van der Waals surface area contributed by atoms with E-state index < -0.39 is 5.97 Å². The van der Waals surface area contributed by atoms with Crippen LogP contribution in [0.4, 0.5) is 0 Å². The molecule has 1 N–H and O–H groups in total. The van der Waals surface area contributed by atoms with Crippen molar-refractivity contribution in [2.24, 2.45) is 0 Å². The van der Waals surface area contributed by atoms with E-state index >= 15 is 0 Å². The van der Waals surface area contributed by atoms with Crippen molar-refractivity contribution in [1.29, 1.82) is 0 Å². The van der Waals surface area contributed by atoms with E-state index in [2.05, 4.69) is 20.1 Å². The van der Waals surface area contributed by atoms with Crippen molar-refractivity contribution in [3.8, 4) is 11.6 Å². The number of carboxylic acid groups (broad SMARTS) is 1. The highest BCUT2D eigenvalue weighted by Gasteiger charge is 2.11. The van der Waals surface area contributed by atoms with Gasteiger partial charge in [0.05, 0.1) is 6.42 Å². The van der Waals surface area contributed by atoms with Crippen molar-refractivity contribution < 1.29 is 14.4 Å². The SMILES string of the molecule is Cc1cnc(-c2noc(CCC(=O)O)n2)nc1. The first-order valence-electron chi connectivity index (χ1n) is 4.98. The molecular weight excluding hydrogens is 224 g/mol. The molecule has 0 aliphatic carbocycles. The molecule has 2 rings (SSSR count). The first-order valence-corrected chi connectivity index (χ1v) is 4.98. The molecule has 0 unspecified atom stereocenters. The fourth-order valence-electron chi connectivity index (χ4n) is 1.17. The van der Waals surface area contributed by atoms with E-state index in [0.717, 1.165) is 5.56 Å². The fraction of sp³-hybridized carbons (Fsp3) is 0.300. The molecule has 7 heteroatoms. The highest BCUT2D eigenvalue weighted by molar-refractivity contribution is 5.66. The van der Waals surface area contributed by atoms with Gasteiger partial charge in [0.2, 0.25) is 17.5 Å². The van der Waals surface area contributed by atoms with Crippen LogP contribution >= 0.6 is 0 Å². The van der Waals surface area contributed by atoms with Crippen molar-refractivity contribution in [1.82, 2.24) is 20.1 Å². The van der Waals surface area contributed by atoms with Gasteiger partial charge in [0.15, 0.2) is 0 Å². The molecule has 0 aliphatic rings. The van der Waals surface area contributed by atoms with Crippen LogP contribution in [0.15, 0.2) is 16.9 Å². The Morgan fingerprint density at radius 3 is 2.71 bits per heavy atom. The van der Waals surface area contributed by atoms with Gasteiger partial charge >= 0.3 is 5.97 Å². The topological polar surface area (TPSA) is 102 Å². The zero-order valence-corrected chi connectivity index (χ0v) is 9.12. The number of aromatic nitrogens is 4. The molecule has 2 aromatic rings.